The molecule has 0 radical (unpaired) electrons. The van der Waals surface area contributed by atoms with Crippen LogP contribution < -0.4 is 51.3 Å². The molecule has 8 bridgehead atoms. The Bertz CT molecular complexity index is 4750. The van der Waals surface area contributed by atoms with E-state index in [1.807, 2.05) is 0 Å². The summed E-state index contributed by atoms with van der Waals surface area (Å²) in [6.45, 7) is 0. The summed E-state index contributed by atoms with van der Waals surface area (Å²) in [5, 5.41) is 15.3. The van der Waals surface area contributed by atoms with Gasteiger partial charge in [0.05, 0.1) is 22.1 Å². The zero-order valence-electron chi connectivity index (χ0n) is 54.0. The Balaban J connectivity index is 0.925. The highest BCUT2D eigenvalue weighted by atomic mass is 28.3. The molecule has 8 fully saturated rings. The number of aromatic nitrogens is 5. The van der Waals surface area contributed by atoms with E-state index in [0.717, 1.165) is 72.8 Å². The Morgan fingerprint density at radius 3 is 0.865 bits per heavy atom. The maximum absolute atomic E-state index is 5.98. The molecule has 9 heteroatoms. The van der Waals surface area contributed by atoms with E-state index in [2.05, 4.69) is 304 Å². The summed E-state index contributed by atoms with van der Waals surface area (Å²) in [6, 6.07) is 112. The SMILES string of the molecule is c1ccc([Si](c2ccccc2)(c2cccc(N3C4CC5CC(C4)CC3C5)c2)c2cc(-c3nc(-n4c5ccccc5c5ccccc54)nc(-n4c5ccccc5c5ccccc54)n3)cc([Si](c3ccccc3)(c3ccccc3)c3cccc(N4C5CC6CC(C5)CC4C6)c3)c2)cc1. The Morgan fingerprint density at radius 2 is 0.542 bits per heavy atom. The first-order chi connectivity index (χ1) is 47.5. The van der Waals surface area contributed by atoms with Crippen molar-refractivity contribution in [1.29, 1.82) is 0 Å². The summed E-state index contributed by atoms with van der Waals surface area (Å²) < 4.78 is 4.57. The van der Waals surface area contributed by atoms with Crippen molar-refractivity contribution < 1.29 is 0 Å². The van der Waals surface area contributed by atoms with Gasteiger partial charge in [0.15, 0.2) is 22.0 Å². The first kappa shape index (κ1) is 56.4. The highest BCUT2D eigenvalue weighted by Gasteiger charge is 2.51. The van der Waals surface area contributed by atoms with Crippen LogP contribution in [0.2, 0.25) is 0 Å². The molecule has 22 rings (SSSR count). The Hall–Kier alpha value is -9.94. The number of fused-ring (bicyclic) bond motifs is 6. The van der Waals surface area contributed by atoms with E-state index in [-0.39, 0.29) is 0 Å². The fourth-order valence-electron chi connectivity index (χ4n) is 20.6. The number of nitrogens with zero attached hydrogens (tertiary/aromatic N) is 7. The predicted octanol–water partition coefficient (Wildman–Crippen LogP) is 14.0. The van der Waals surface area contributed by atoms with Crippen molar-refractivity contribution in [1.82, 2.24) is 24.1 Å². The number of hydrogen-bond donors (Lipinski definition) is 0. The van der Waals surface area contributed by atoms with Crippen LogP contribution in [-0.4, -0.2) is 64.4 Å². The fraction of sp³-hybridized carbons (Fsp3) is 0.207. The van der Waals surface area contributed by atoms with Gasteiger partial charge in [0, 0.05) is 62.7 Å². The Kier molecular flexibility index (Phi) is 13.1. The average Bonchev–Trinajstić information content (AvgIpc) is 0.834. The van der Waals surface area contributed by atoms with E-state index in [0.29, 0.717) is 41.9 Å². The van der Waals surface area contributed by atoms with Crippen LogP contribution in [0.15, 0.2) is 285 Å². The van der Waals surface area contributed by atoms with Gasteiger partial charge in [0.2, 0.25) is 11.9 Å². The number of hydrogen-bond acceptors (Lipinski definition) is 5. The summed E-state index contributed by atoms with van der Waals surface area (Å²) in [5.41, 5.74) is 7.88. The van der Waals surface area contributed by atoms with Crippen LogP contribution in [0.4, 0.5) is 11.4 Å². The molecule has 4 aliphatic heterocycles. The zero-order valence-corrected chi connectivity index (χ0v) is 56.0. The van der Waals surface area contributed by atoms with Gasteiger partial charge in [-0.3, -0.25) is 9.13 Å². The summed E-state index contributed by atoms with van der Waals surface area (Å²) >= 11 is 0. The molecule has 0 atom stereocenters. The molecule has 466 valence electrons. The van der Waals surface area contributed by atoms with Crippen LogP contribution >= 0.6 is 0 Å². The second kappa shape index (κ2) is 22.3. The molecule has 0 amide bonds. The highest BCUT2D eigenvalue weighted by Crippen LogP contribution is 2.52. The number of para-hydroxylation sites is 4. The van der Waals surface area contributed by atoms with Crippen molar-refractivity contribution in [2.24, 2.45) is 23.7 Å². The average molecular weight is 1270 g/mol. The van der Waals surface area contributed by atoms with Crippen LogP contribution in [0.5, 0.6) is 0 Å². The molecule has 96 heavy (non-hydrogen) atoms. The molecule has 0 N–H and O–H groups in total. The van der Waals surface area contributed by atoms with Gasteiger partial charge in [-0.15, -0.1) is 0 Å². The number of benzene rings is 11. The molecule has 4 saturated carbocycles. The quantitative estimate of drug-likeness (QED) is 0.0850. The fourth-order valence-corrected chi connectivity index (χ4v) is 30.4. The van der Waals surface area contributed by atoms with E-state index in [1.54, 1.807) is 0 Å². The van der Waals surface area contributed by atoms with E-state index < -0.39 is 16.1 Å². The largest absolute Gasteiger partial charge is 0.366 e. The topological polar surface area (TPSA) is 55.0 Å². The molecule has 0 spiro atoms. The lowest BCUT2D eigenvalue weighted by Crippen LogP contribution is -2.78. The maximum atomic E-state index is 5.98. The molecule has 14 aromatic rings. The standard InChI is InChI=1S/C87H75N7Si2/c1-5-25-69(26-6-1)95(70-27-7-2-8-28-70,73-33-21-23-63(55-73)91-65-45-58-43-59(47-65)48-66(91)46-58)75-53-62(54-76(57-75)96(71-29-9-3-10-30-71,72-31-11-4-12-32-72)74-34-22-24-64(56-74)92-67-49-60-44-61(51-67)52-68(92)50-60)85-88-86(93-81-39-17-13-35-77(81)78-36-14-18-40-82(78)93)90-87(89-85)94-83-41-19-15-37-79(83)80-38-16-20-42-84(80)94/h1-42,53-61,65-68H,43-52H2. The molecule has 7 nitrogen and oxygen atoms in total. The molecular formula is C87H75N7Si2. The lowest BCUT2D eigenvalue weighted by molar-refractivity contribution is 0.0899. The van der Waals surface area contributed by atoms with Gasteiger partial charge >= 0.3 is 0 Å². The van der Waals surface area contributed by atoms with Crippen molar-refractivity contribution in [3.05, 3.63) is 285 Å². The summed E-state index contributed by atoms with van der Waals surface area (Å²) in [4.78, 5) is 23.5. The third-order valence-electron chi connectivity index (χ3n) is 24.0. The summed E-state index contributed by atoms with van der Waals surface area (Å²) in [7, 11) is -6.88. The minimum atomic E-state index is -3.44. The Morgan fingerprint density at radius 1 is 0.250 bits per heavy atom. The maximum Gasteiger partial charge on any atom is 0.240 e. The van der Waals surface area contributed by atoms with E-state index >= 15 is 0 Å². The van der Waals surface area contributed by atoms with Crippen molar-refractivity contribution in [3.8, 4) is 23.3 Å². The van der Waals surface area contributed by atoms with Crippen LogP contribution in [0, 0.1) is 23.7 Å². The van der Waals surface area contributed by atoms with Crippen molar-refractivity contribution in [3.63, 3.8) is 0 Å². The van der Waals surface area contributed by atoms with Gasteiger partial charge in [0.1, 0.15) is 0 Å². The molecule has 3 aromatic heterocycles. The van der Waals surface area contributed by atoms with Gasteiger partial charge in [-0.1, -0.05) is 237 Å². The lowest BCUT2D eigenvalue weighted by Gasteiger charge is -2.57. The molecular weight excluding hydrogens is 1200 g/mol. The van der Waals surface area contributed by atoms with Crippen LogP contribution in [0.1, 0.15) is 64.2 Å². The highest BCUT2D eigenvalue weighted by molar-refractivity contribution is 7.22. The van der Waals surface area contributed by atoms with Crippen LogP contribution in [0.3, 0.4) is 0 Å². The van der Waals surface area contributed by atoms with Crippen molar-refractivity contribution in [2.75, 3.05) is 9.80 Å². The summed E-state index contributed by atoms with van der Waals surface area (Å²) in [5.74, 6) is 5.15. The monoisotopic (exact) mass is 1270 g/mol. The van der Waals surface area contributed by atoms with Crippen molar-refractivity contribution in [2.45, 2.75) is 88.4 Å². The molecule has 0 unspecified atom stereocenters. The van der Waals surface area contributed by atoms with Crippen LogP contribution in [0.25, 0.3) is 66.9 Å². The number of rotatable bonds is 13. The van der Waals surface area contributed by atoms with E-state index in [9.17, 15) is 0 Å². The molecule has 8 aliphatic rings. The van der Waals surface area contributed by atoms with Gasteiger partial charge in [-0.05, 0) is 178 Å². The zero-order chi connectivity index (χ0) is 63.1. The second-order valence-electron chi connectivity index (χ2n) is 29.1. The van der Waals surface area contributed by atoms with Gasteiger partial charge in [-0.25, -0.2) is 0 Å². The van der Waals surface area contributed by atoms with E-state index in [4.69, 9.17) is 15.0 Å². The summed E-state index contributed by atoms with van der Waals surface area (Å²) in [6.07, 6.45) is 13.2. The minimum absolute atomic E-state index is 0.570. The predicted molar refractivity (Wildman–Crippen MR) is 401 cm³/mol. The first-order valence-corrected chi connectivity index (χ1v) is 39.4. The van der Waals surface area contributed by atoms with Gasteiger partial charge in [-0.2, -0.15) is 15.0 Å². The number of piperidine rings is 4. The molecule has 4 saturated heterocycles. The third-order valence-corrected chi connectivity index (χ3v) is 33.4. The smallest absolute Gasteiger partial charge is 0.240 e. The van der Waals surface area contributed by atoms with Gasteiger partial charge < -0.3 is 9.80 Å². The van der Waals surface area contributed by atoms with Crippen LogP contribution in [-0.2, 0) is 0 Å². The van der Waals surface area contributed by atoms with Gasteiger partial charge in [0.25, 0.3) is 0 Å². The normalized spacial score (nSPS) is 21.9. The molecule has 4 aliphatic carbocycles. The Labute approximate surface area is 563 Å². The molecule has 7 heterocycles. The third kappa shape index (κ3) is 8.71. The van der Waals surface area contributed by atoms with E-state index in [1.165, 1.54) is 117 Å². The minimum Gasteiger partial charge on any atom is -0.366 e. The lowest BCUT2D eigenvalue weighted by atomic mass is 9.63. The number of anilines is 2. The molecule has 11 aromatic carbocycles. The van der Waals surface area contributed by atoms with Crippen molar-refractivity contribution >= 4 is 113 Å². The second-order valence-corrected chi connectivity index (χ2v) is 36.7. The first-order valence-electron chi connectivity index (χ1n) is 35.4.